The average Bonchev–Trinajstić information content (AvgIpc) is 3.12. The van der Waals surface area contributed by atoms with Crippen LogP contribution >= 0.6 is 0 Å². The average molecular weight is 277 g/mol. The van der Waals surface area contributed by atoms with E-state index in [1.54, 1.807) is 0 Å². The van der Waals surface area contributed by atoms with E-state index in [0.29, 0.717) is 6.54 Å². The van der Waals surface area contributed by atoms with E-state index in [1.165, 1.54) is 5.56 Å². The third-order valence-electron chi connectivity index (χ3n) is 3.67. The summed E-state index contributed by atoms with van der Waals surface area (Å²) in [5, 5.41) is 4.47. The molecule has 104 valence electrons. The van der Waals surface area contributed by atoms with E-state index in [9.17, 15) is 0 Å². The van der Waals surface area contributed by atoms with Gasteiger partial charge in [0.05, 0.1) is 18.4 Å². The van der Waals surface area contributed by atoms with E-state index in [4.69, 9.17) is 0 Å². The summed E-state index contributed by atoms with van der Waals surface area (Å²) in [6, 6.07) is 10.2. The van der Waals surface area contributed by atoms with Gasteiger partial charge in [-0.3, -0.25) is 0 Å². The van der Waals surface area contributed by atoms with Gasteiger partial charge in [0.2, 0.25) is 0 Å². The Morgan fingerprint density at radius 1 is 1.24 bits per heavy atom. The van der Waals surface area contributed by atoms with Crippen molar-refractivity contribution < 1.29 is 0 Å². The van der Waals surface area contributed by atoms with Gasteiger partial charge in [0.1, 0.15) is 17.1 Å². The Balaban J connectivity index is 1.61. The number of rotatable bonds is 3. The molecule has 0 aromatic carbocycles. The predicted octanol–water partition coefficient (Wildman–Crippen LogP) is 3.13. The summed E-state index contributed by atoms with van der Waals surface area (Å²) in [7, 11) is 0. The summed E-state index contributed by atoms with van der Waals surface area (Å²) in [6.45, 7) is 2.75. The molecule has 0 saturated carbocycles. The minimum absolute atomic E-state index is 0.684. The summed E-state index contributed by atoms with van der Waals surface area (Å²) < 4.78 is 2.11. The maximum absolute atomic E-state index is 4.54. The van der Waals surface area contributed by atoms with Crippen molar-refractivity contribution in [3.05, 3.63) is 60.2 Å². The zero-order chi connectivity index (χ0) is 14.2. The van der Waals surface area contributed by atoms with Crippen molar-refractivity contribution in [3.63, 3.8) is 0 Å². The molecule has 0 atom stereocenters. The second-order valence-electron chi connectivity index (χ2n) is 5.10. The third kappa shape index (κ3) is 2.03. The van der Waals surface area contributed by atoms with Crippen molar-refractivity contribution in [2.45, 2.75) is 13.5 Å². The largest absolute Gasteiger partial charge is 0.364 e. The quantitative estimate of drug-likeness (QED) is 0.605. The Labute approximate surface area is 121 Å². The van der Waals surface area contributed by atoms with E-state index in [1.807, 2.05) is 36.8 Å². The first-order chi connectivity index (χ1) is 10.3. The molecule has 4 aromatic rings. The molecule has 2 N–H and O–H groups in total. The third-order valence-corrected chi connectivity index (χ3v) is 3.67. The Morgan fingerprint density at radius 2 is 2.19 bits per heavy atom. The standard InChI is InChI=1S/C16H15N5/c1-11-3-2-8-21-13(10-19-16(11)21)9-18-14-5-4-12-6-7-17-15(12)20-14/h2-8,10H,9H2,1H3,(H2,17,18,20). The van der Waals surface area contributed by atoms with Crippen molar-refractivity contribution in [1.29, 1.82) is 0 Å². The molecular weight excluding hydrogens is 262 g/mol. The molecule has 5 nitrogen and oxygen atoms in total. The van der Waals surface area contributed by atoms with Crippen LogP contribution in [0.5, 0.6) is 0 Å². The number of anilines is 1. The first-order valence-corrected chi connectivity index (χ1v) is 6.91. The van der Waals surface area contributed by atoms with Crippen LogP contribution in [-0.4, -0.2) is 19.4 Å². The highest BCUT2D eigenvalue weighted by atomic mass is 15.1. The summed E-state index contributed by atoms with van der Waals surface area (Å²) in [4.78, 5) is 12.1. The predicted molar refractivity (Wildman–Crippen MR) is 83.3 cm³/mol. The molecule has 0 aliphatic carbocycles. The van der Waals surface area contributed by atoms with Crippen LogP contribution in [0.3, 0.4) is 0 Å². The molecular formula is C16H15N5. The van der Waals surface area contributed by atoms with E-state index >= 15 is 0 Å². The fourth-order valence-corrected chi connectivity index (χ4v) is 2.54. The fraction of sp³-hybridized carbons (Fsp3) is 0.125. The molecule has 5 heteroatoms. The lowest BCUT2D eigenvalue weighted by Gasteiger charge is -2.06. The van der Waals surface area contributed by atoms with Gasteiger partial charge >= 0.3 is 0 Å². The lowest BCUT2D eigenvalue weighted by molar-refractivity contribution is 0.992. The number of imidazole rings is 1. The topological polar surface area (TPSA) is 58.0 Å². The number of aryl methyl sites for hydroxylation is 1. The highest BCUT2D eigenvalue weighted by molar-refractivity contribution is 5.77. The van der Waals surface area contributed by atoms with Gasteiger partial charge in [0.25, 0.3) is 0 Å². The summed E-state index contributed by atoms with van der Waals surface area (Å²) >= 11 is 0. The minimum Gasteiger partial charge on any atom is -0.364 e. The Hall–Kier alpha value is -2.82. The van der Waals surface area contributed by atoms with Gasteiger partial charge in [-0.1, -0.05) is 6.07 Å². The monoisotopic (exact) mass is 277 g/mol. The lowest BCUT2D eigenvalue weighted by atomic mass is 10.3. The molecule has 0 unspecified atom stereocenters. The number of nitrogens with zero attached hydrogens (tertiary/aromatic N) is 3. The first kappa shape index (κ1) is 12.0. The molecule has 4 aromatic heterocycles. The molecule has 0 radical (unpaired) electrons. The van der Waals surface area contributed by atoms with Crippen LogP contribution in [0.2, 0.25) is 0 Å². The number of fused-ring (bicyclic) bond motifs is 2. The zero-order valence-electron chi connectivity index (χ0n) is 11.7. The maximum Gasteiger partial charge on any atom is 0.139 e. The van der Waals surface area contributed by atoms with Crippen LogP contribution in [0, 0.1) is 6.92 Å². The van der Waals surface area contributed by atoms with Crippen LogP contribution in [-0.2, 0) is 6.54 Å². The first-order valence-electron chi connectivity index (χ1n) is 6.91. The van der Waals surface area contributed by atoms with Crippen molar-refractivity contribution in [2.24, 2.45) is 0 Å². The van der Waals surface area contributed by atoms with Crippen LogP contribution in [0.25, 0.3) is 16.7 Å². The van der Waals surface area contributed by atoms with Gasteiger partial charge in [0.15, 0.2) is 0 Å². The molecule has 0 amide bonds. The number of hydrogen-bond donors (Lipinski definition) is 2. The van der Waals surface area contributed by atoms with E-state index in [0.717, 1.165) is 28.2 Å². The van der Waals surface area contributed by atoms with Gasteiger partial charge in [-0.25, -0.2) is 9.97 Å². The Bertz CT molecular complexity index is 919. The molecule has 0 aliphatic rings. The van der Waals surface area contributed by atoms with Gasteiger partial charge in [-0.15, -0.1) is 0 Å². The fourth-order valence-electron chi connectivity index (χ4n) is 2.54. The van der Waals surface area contributed by atoms with Crippen molar-refractivity contribution in [3.8, 4) is 0 Å². The Kier molecular flexibility index (Phi) is 2.64. The second kappa shape index (κ2) is 4.63. The van der Waals surface area contributed by atoms with Crippen molar-refractivity contribution in [2.75, 3.05) is 5.32 Å². The van der Waals surface area contributed by atoms with E-state index in [2.05, 4.69) is 43.7 Å². The molecule has 0 saturated heterocycles. The van der Waals surface area contributed by atoms with Gasteiger partial charge in [-0.2, -0.15) is 0 Å². The summed E-state index contributed by atoms with van der Waals surface area (Å²) in [6.07, 6.45) is 5.84. The Morgan fingerprint density at radius 3 is 3.14 bits per heavy atom. The number of H-pyrrole nitrogens is 1. The highest BCUT2D eigenvalue weighted by Crippen LogP contribution is 2.15. The molecule has 0 aliphatic heterocycles. The lowest BCUT2D eigenvalue weighted by Crippen LogP contribution is -2.04. The van der Waals surface area contributed by atoms with Crippen molar-refractivity contribution >= 4 is 22.5 Å². The smallest absolute Gasteiger partial charge is 0.139 e. The maximum atomic E-state index is 4.54. The SMILES string of the molecule is Cc1cccn2c(CNc3ccc4cc[nH]c4n3)cnc12. The van der Waals surface area contributed by atoms with Gasteiger partial charge < -0.3 is 14.7 Å². The number of pyridine rings is 2. The summed E-state index contributed by atoms with van der Waals surface area (Å²) in [5.41, 5.74) is 4.19. The molecule has 0 spiro atoms. The molecule has 4 heterocycles. The van der Waals surface area contributed by atoms with E-state index < -0.39 is 0 Å². The second-order valence-corrected chi connectivity index (χ2v) is 5.10. The number of aromatic amines is 1. The molecule has 0 bridgehead atoms. The van der Waals surface area contributed by atoms with Crippen LogP contribution in [0.4, 0.5) is 5.82 Å². The number of aromatic nitrogens is 4. The van der Waals surface area contributed by atoms with Crippen LogP contribution < -0.4 is 5.32 Å². The molecule has 4 rings (SSSR count). The molecule has 21 heavy (non-hydrogen) atoms. The minimum atomic E-state index is 0.684. The summed E-state index contributed by atoms with van der Waals surface area (Å²) in [5.74, 6) is 0.854. The number of hydrogen-bond acceptors (Lipinski definition) is 3. The van der Waals surface area contributed by atoms with Gasteiger partial charge in [0, 0.05) is 17.8 Å². The van der Waals surface area contributed by atoms with Crippen molar-refractivity contribution in [1.82, 2.24) is 19.4 Å². The van der Waals surface area contributed by atoms with E-state index in [-0.39, 0.29) is 0 Å². The van der Waals surface area contributed by atoms with Gasteiger partial charge in [-0.05, 0) is 36.8 Å². The molecule has 0 fully saturated rings. The normalized spacial score (nSPS) is 11.3. The zero-order valence-corrected chi connectivity index (χ0v) is 11.7. The van der Waals surface area contributed by atoms with Crippen LogP contribution in [0.1, 0.15) is 11.3 Å². The highest BCUT2D eigenvalue weighted by Gasteiger charge is 2.05. The number of nitrogens with one attached hydrogen (secondary N) is 2. The van der Waals surface area contributed by atoms with Crippen LogP contribution in [0.15, 0.2) is 48.9 Å².